The van der Waals surface area contributed by atoms with Crippen molar-refractivity contribution >= 4 is 14.1 Å². The van der Waals surface area contributed by atoms with Crippen LogP contribution in [0.25, 0.3) is 0 Å². The molecule has 2 heteroatoms. The van der Waals surface area contributed by atoms with E-state index >= 15 is 0 Å². The molecule has 0 heterocycles. The Hall–Kier alpha value is -0.333. The fraction of sp³-hybridized carbons (Fsp3) is 0.846. The van der Waals surface area contributed by atoms with Gasteiger partial charge in [0, 0.05) is 0 Å². The van der Waals surface area contributed by atoms with Crippen molar-refractivity contribution < 1.29 is 0 Å². The molecule has 0 N–H and O–H groups in total. The van der Waals surface area contributed by atoms with Crippen molar-refractivity contribution in [3.8, 4) is 0 Å². The summed E-state index contributed by atoms with van der Waals surface area (Å²) < 4.78 is 4.80. The highest BCUT2D eigenvalue weighted by molar-refractivity contribution is 6.79. The first kappa shape index (κ1) is 12.7. The summed E-state index contributed by atoms with van der Waals surface area (Å²) in [6.07, 6.45) is 6.55. The van der Waals surface area contributed by atoms with Gasteiger partial charge in [-0.2, -0.15) is 0 Å². The zero-order chi connectivity index (χ0) is 11.5. The Morgan fingerprint density at radius 1 is 1.07 bits per heavy atom. The van der Waals surface area contributed by atoms with E-state index in [1.54, 1.807) is 0 Å². The predicted molar refractivity (Wildman–Crippen MR) is 71.2 cm³/mol. The van der Waals surface area contributed by atoms with Crippen LogP contribution in [0.2, 0.25) is 18.1 Å². The van der Waals surface area contributed by atoms with E-state index in [1.807, 2.05) is 0 Å². The zero-order valence-corrected chi connectivity index (χ0v) is 12.0. The fourth-order valence-corrected chi connectivity index (χ4v) is 2.25. The third kappa shape index (κ3) is 3.62. The topological polar surface area (TPSA) is 12.4 Å². The molecular formula is C13H25NSi. The van der Waals surface area contributed by atoms with E-state index in [-0.39, 0.29) is 0 Å². The molecule has 86 valence electrons. The molecule has 15 heavy (non-hydrogen) atoms. The summed E-state index contributed by atoms with van der Waals surface area (Å²) >= 11 is 0. The lowest BCUT2D eigenvalue weighted by molar-refractivity contribution is 0.605. The number of rotatable bonds is 1. The van der Waals surface area contributed by atoms with Gasteiger partial charge in [0.25, 0.3) is 0 Å². The lowest BCUT2D eigenvalue weighted by Crippen LogP contribution is -2.34. The maximum absolute atomic E-state index is 4.80. The standard InChI is InChI=1S/C13H25NSi/c1-13(2,3)15(4,5)14-11-12-9-7-6-8-10-12/h6-10H2,1-5H3. The zero-order valence-electron chi connectivity index (χ0n) is 11.0. The van der Waals surface area contributed by atoms with Crippen LogP contribution in [-0.2, 0) is 0 Å². The summed E-state index contributed by atoms with van der Waals surface area (Å²) in [5, 5.41) is 0.342. The third-order valence-corrected chi connectivity index (χ3v) is 8.13. The molecule has 0 unspecified atom stereocenters. The molecule has 1 fully saturated rings. The van der Waals surface area contributed by atoms with Crippen LogP contribution in [0.4, 0.5) is 0 Å². The van der Waals surface area contributed by atoms with Crippen LogP contribution >= 0.6 is 0 Å². The molecule has 0 atom stereocenters. The van der Waals surface area contributed by atoms with E-state index in [0.717, 1.165) is 0 Å². The smallest absolute Gasteiger partial charge is 0.192 e. The Balaban J connectivity index is 2.78. The van der Waals surface area contributed by atoms with E-state index in [0.29, 0.717) is 5.04 Å². The minimum absolute atomic E-state index is 0.342. The molecule has 0 aromatic carbocycles. The van der Waals surface area contributed by atoms with Crippen LogP contribution in [0.15, 0.2) is 10.2 Å². The number of hydrogen-bond acceptors (Lipinski definition) is 1. The van der Waals surface area contributed by atoms with Crippen LogP contribution < -0.4 is 0 Å². The maximum Gasteiger partial charge on any atom is 0.192 e. The summed E-state index contributed by atoms with van der Waals surface area (Å²) in [7, 11) is -1.50. The molecule has 0 amide bonds. The Morgan fingerprint density at radius 2 is 1.60 bits per heavy atom. The Kier molecular flexibility index (Phi) is 3.97. The van der Waals surface area contributed by atoms with Gasteiger partial charge in [-0.25, -0.2) is 0 Å². The average Bonchev–Trinajstić information content (AvgIpc) is 2.15. The highest BCUT2D eigenvalue weighted by atomic mass is 28.3. The molecule has 0 saturated heterocycles. The first-order valence-corrected chi connectivity index (χ1v) is 9.10. The lowest BCUT2D eigenvalue weighted by Gasteiger charge is -2.31. The average molecular weight is 223 g/mol. The van der Waals surface area contributed by atoms with Crippen molar-refractivity contribution in [2.24, 2.45) is 4.66 Å². The summed E-state index contributed by atoms with van der Waals surface area (Å²) in [6.45, 7) is 11.6. The molecule has 1 saturated carbocycles. The van der Waals surface area contributed by atoms with Gasteiger partial charge in [-0.05, 0) is 55.3 Å². The summed E-state index contributed by atoms with van der Waals surface area (Å²) in [5.74, 6) is 3.37. The summed E-state index contributed by atoms with van der Waals surface area (Å²) in [6, 6.07) is 0. The minimum Gasteiger partial charge on any atom is -0.283 e. The van der Waals surface area contributed by atoms with Crippen molar-refractivity contribution in [2.75, 3.05) is 0 Å². The number of nitrogens with zero attached hydrogens (tertiary/aromatic N) is 1. The highest BCUT2D eigenvalue weighted by Crippen LogP contribution is 2.36. The molecule has 0 bridgehead atoms. The largest absolute Gasteiger partial charge is 0.283 e. The van der Waals surface area contributed by atoms with Crippen molar-refractivity contribution in [1.29, 1.82) is 0 Å². The van der Waals surface area contributed by atoms with Gasteiger partial charge in [0.1, 0.15) is 0 Å². The van der Waals surface area contributed by atoms with Crippen LogP contribution in [0.3, 0.4) is 0 Å². The summed E-state index contributed by atoms with van der Waals surface area (Å²) in [4.78, 5) is 0. The Bertz CT molecular complexity index is 269. The molecule has 0 spiro atoms. The lowest BCUT2D eigenvalue weighted by atomic mass is 9.96. The predicted octanol–water partition coefficient (Wildman–Crippen LogP) is 4.55. The first-order valence-electron chi connectivity index (χ1n) is 6.15. The number of hydrogen-bond donors (Lipinski definition) is 0. The van der Waals surface area contributed by atoms with Gasteiger partial charge in [0.15, 0.2) is 8.24 Å². The van der Waals surface area contributed by atoms with E-state index in [9.17, 15) is 0 Å². The van der Waals surface area contributed by atoms with E-state index in [1.165, 1.54) is 37.7 Å². The molecule has 0 aromatic heterocycles. The van der Waals surface area contributed by atoms with Gasteiger partial charge < -0.3 is 0 Å². The second-order valence-corrected chi connectivity index (χ2v) is 11.0. The van der Waals surface area contributed by atoms with E-state index in [4.69, 9.17) is 4.66 Å². The Morgan fingerprint density at radius 3 is 2.07 bits per heavy atom. The molecule has 1 nitrogen and oxygen atoms in total. The van der Waals surface area contributed by atoms with E-state index < -0.39 is 8.24 Å². The monoisotopic (exact) mass is 223 g/mol. The quantitative estimate of drug-likeness (QED) is 0.457. The van der Waals surface area contributed by atoms with Crippen molar-refractivity contribution in [3.63, 3.8) is 0 Å². The molecule has 1 aliphatic rings. The second-order valence-electron chi connectivity index (χ2n) is 6.20. The van der Waals surface area contributed by atoms with E-state index in [2.05, 4.69) is 39.7 Å². The highest BCUT2D eigenvalue weighted by Gasteiger charge is 2.35. The number of allylic oxidation sites excluding steroid dienone is 1. The van der Waals surface area contributed by atoms with Crippen LogP contribution in [-0.4, -0.2) is 14.1 Å². The van der Waals surface area contributed by atoms with Crippen LogP contribution in [0.5, 0.6) is 0 Å². The van der Waals surface area contributed by atoms with Gasteiger partial charge in [-0.1, -0.05) is 27.2 Å². The third-order valence-electron chi connectivity index (χ3n) is 3.79. The Labute approximate surface area is 95.8 Å². The molecular weight excluding hydrogens is 198 g/mol. The van der Waals surface area contributed by atoms with Crippen LogP contribution in [0.1, 0.15) is 52.9 Å². The van der Waals surface area contributed by atoms with Gasteiger partial charge in [0.05, 0.1) is 0 Å². The molecule has 0 radical (unpaired) electrons. The normalized spacial score (nSPS) is 18.6. The molecule has 1 rings (SSSR count). The summed E-state index contributed by atoms with van der Waals surface area (Å²) in [5.41, 5.74) is 1.46. The van der Waals surface area contributed by atoms with Crippen molar-refractivity contribution in [2.45, 2.75) is 71.0 Å². The van der Waals surface area contributed by atoms with Crippen molar-refractivity contribution in [1.82, 2.24) is 0 Å². The van der Waals surface area contributed by atoms with Crippen molar-refractivity contribution in [3.05, 3.63) is 5.57 Å². The maximum atomic E-state index is 4.80. The minimum atomic E-state index is -1.50. The second kappa shape index (κ2) is 4.67. The molecule has 0 aliphatic heterocycles. The van der Waals surface area contributed by atoms with Gasteiger partial charge in [-0.3, -0.25) is 4.66 Å². The van der Waals surface area contributed by atoms with Gasteiger partial charge in [0.2, 0.25) is 0 Å². The molecule has 0 aromatic rings. The SMILES string of the molecule is CC(C)(C)[Si](C)(C)N=C=C1CCCCC1. The molecule has 1 aliphatic carbocycles. The first-order chi connectivity index (χ1) is 6.83. The fourth-order valence-electron chi connectivity index (χ4n) is 1.48. The van der Waals surface area contributed by atoms with Gasteiger partial charge >= 0.3 is 0 Å². The van der Waals surface area contributed by atoms with Gasteiger partial charge in [-0.15, -0.1) is 0 Å². The van der Waals surface area contributed by atoms with Crippen LogP contribution in [0, 0.1) is 0 Å².